The van der Waals surface area contributed by atoms with Crippen LogP contribution in [0.2, 0.25) is 0 Å². The maximum atomic E-state index is 12.5. The summed E-state index contributed by atoms with van der Waals surface area (Å²) in [5.74, 6) is 0.427. The van der Waals surface area contributed by atoms with Crippen LogP contribution in [0.1, 0.15) is 36.3 Å². The summed E-state index contributed by atoms with van der Waals surface area (Å²) in [5.41, 5.74) is 3.66. The van der Waals surface area contributed by atoms with Gasteiger partial charge in [-0.3, -0.25) is 9.78 Å². The minimum atomic E-state index is -0.227. The third-order valence-corrected chi connectivity index (χ3v) is 7.55. The predicted molar refractivity (Wildman–Crippen MR) is 158 cm³/mol. The lowest BCUT2D eigenvalue weighted by Crippen LogP contribution is -2.31. The van der Waals surface area contributed by atoms with Crippen LogP contribution in [0.25, 0.3) is 0 Å². The van der Waals surface area contributed by atoms with Gasteiger partial charge in [0.25, 0.3) is 5.91 Å². The fourth-order valence-corrected chi connectivity index (χ4v) is 5.72. The number of nitrogens with zero attached hydrogens (tertiary/aromatic N) is 3. The van der Waals surface area contributed by atoms with Gasteiger partial charge in [-0.05, 0) is 85.7 Å². The molecule has 2 fully saturated rings. The Morgan fingerprint density at radius 1 is 1.05 bits per heavy atom. The van der Waals surface area contributed by atoms with Gasteiger partial charge in [-0.2, -0.15) is 0 Å². The Balaban J connectivity index is 1.23. The second-order valence-corrected chi connectivity index (χ2v) is 10.3. The molecular formula is C31H31N5O3S. The molecule has 0 saturated carbocycles. The van der Waals surface area contributed by atoms with Crippen molar-refractivity contribution in [2.24, 2.45) is 0 Å². The van der Waals surface area contributed by atoms with Crippen LogP contribution in [0.5, 0.6) is 5.75 Å². The smallest absolute Gasteiger partial charge is 0.262 e. The molecule has 2 aliphatic rings. The highest BCUT2D eigenvalue weighted by Crippen LogP contribution is 2.42. The number of hydrogen-bond acceptors (Lipinski definition) is 5. The van der Waals surface area contributed by atoms with Crippen LogP contribution in [-0.2, 0) is 16.1 Å². The monoisotopic (exact) mass is 553 g/mol. The van der Waals surface area contributed by atoms with E-state index in [1.54, 1.807) is 0 Å². The molecule has 9 heteroatoms. The van der Waals surface area contributed by atoms with Crippen LogP contribution < -0.4 is 20.3 Å². The number of carbonyl (C=O) groups excluding carboxylic acids is 1. The number of benzene rings is 2. The summed E-state index contributed by atoms with van der Waals surface area (Å²) < 4.78 is 13.8. The van der Waals surface area contributed by atoms with E-state index in [0.717, 1.165) is 43.1 Å². The maximum Gasteiger partial charge on any atom is 0.262 e. The molecule has 0 spiro atoms. The number of para-hydroxylation sites is 1. The Kier molecular flexibility index (Phi) is 7.74. The topological polar surface area (TPSA) is 80.7 Å². The first-order chi connectivity index (χ1) is 19.7. The summed E-state index contributed by atoms with van der Waals surface area (Å²) in [6.45, 7) is 1.55. The maximum absolute atomic E-state index is 12.5. The van der Waals surface area contributed by atoms with Crippen molar-refractivity contribution in [3.05, 3.63) is 109 Å². The van der Waals surface area contributed by atoms with E-state index in [4.69, 9.17) is 21.7 Å². The number of rotatable bonds is 9. The average Bonchev–Trinajstić information content (AvgIpc) is 3.74. The third kappa shape index (κ3) is 5.71. The standard InChI is InChI=1S/C31H31N5O3S/c37-28(21-39-24-8-2-1-3-9-24)33-22-13-15-23(16-14-22)36-30(29(34-31(36)40)26-11-4-5-17-32-26)27-12-6-18-35(27)20-25-10-7-19-38-25/h1-6,8-9,11-18,25,29-30H,7,10,19-21H2,(H,33,37)(H,34,40)/t25-,29-,30+/m1/s1. The molecule has 2 aromatic carbocycles. The number of hydrogen-bond donors (Lipinski definition) is 2. The van der Waals surface area contributed by atoms with Gasteiger partial charge < -0.3 is 29.6 Å². The predicted octanol–water partition coefficient (Wildman–Crippen LogP) is 5.26. The Labute approximate surface area is 238 Å². The number of nitrogens with one attached hydrogen (secondary N) is 2. The molecule has 0 unspecified atom stereocenters. The highest BCUT2D eigenvalue weighted by Gasteiger charge is 2.42. The summed E-state index contributed by atoms with van der Waals surface area (Å²) >= 11 is 5.89. The number of anilines is 2. The molecular weight excluding hydrogens is 522 g/mol. The molecule has 4 aromatic rings. The van der Waals surface area contributed by atoms with Crippen molar-refractivity contribution in [2.75, 3.05) is 23.4 Å². The molecule has 2 aromatic heterocycles. The van der Waals surface area contributed by atoms with Gasteiger partial charge in [0, 0.05) is 42.6 Å². The van der Waals surface area contributed by atoms with Crippen LogP contribution in [0.15, 0.2) is 97.3 Å². The van der Waals surface area contributed by atoms with Crippen LogP contribution >= 0.6 is 12.2 Å². The molecule has 204 valence electrons. The largest absolute Gasteiger partial charge is 0.484 e. The van der Waals surface area contributed by atoms with E-state index in [-0.39, 0.29) is 30.7 Å². The van der Waals surface area contributed by atoms with E-state index < -0.39 is 0 Å². The van der Waals surface area contributed by atoms with Crippen molar-refractivity contribution < 1.29 is 14.3 Å². The van der Waals surface area contributed by atoms with Gasteiger partial charge in [0.1, 0.15) is 11.8 Å². The van der Waals surface area contributed by atoms with Gasteiger partial charge in [0.2, 0.25) is 0 Å². The van der Waals surface area contributed by atoms with Gasteiger partial charge in [0.05, 0.1) is 17.8 Å². The minimum absolute atomic E-state index is 0.0680. The summed E-state index contributed by atoms with van der Waals surface area (Å²) in [6, 6.07) is 26.9. The van der Waals surface area contributed by atoms with Crippen molar-refractivity contribution in [3.8, 4) is 5.75 Å². The number of aromatic nitrogens is 2. The molecule has 8 nitrogen and oxygen atoms in total. The summed E-state index contributed by atoms with van der Waals surface area (Å²) in [6.07, 6.45) is 6.30. The molecule has 0 radical (unpaired) electrons. The number of carbonyl (C=O) groups is 1. The summed E-state index contributed by atoms with van der Waals surface area (Å²) in [5, 5.41) is 7.05. The normalized spacial score (nSPS) is 20.4. The number of thiocarbonyl (C=S) groups is 1. The molecule has 0 bridgehead atoms. The SMILES string of the molecule is O=C(COc1ccccc1)Nc1ccc(N2C(=S)N[C@H](c3ccccn3)[C@@H]2c2cccn2C[C@H]2CCCO2)cc1. The second kappa shape index (κ2) is 11.9. The molecule has 4 heterocycles. The van der Waals surface area contributed by atoms with Crippen LogP contribution in [0.3, 0.4) is 0 Å². The van der Waals surface area contributed by atoms with E-state index in [1.807, 2.05) is 79.0 Å². The number of amides is 1. The molecule has 40 heavy (non-hydrogen) atoms. The highest BCUT2D eigenvalue weighted by molar-refractivity contribution is 7.80. The molecule has 6 rings (SSSR count). The number of ether oxygens (including phenoxy) is 2. The Hall–Kier alpha value is -4.21. The fraction of sp³-hybridized carbons (Fsp3) is 0.258. The van der Waals surface area contributed by atoms with Crippen molar-refractivity contribution in [1.82, 2.24) is 14.9 Å². The number of pyridine rings is 1. The van der Waals surface area contributed by atoms with Crippen LogP contribution in [-0.4, -0.2) is 39.9 Å². The first-order valence-electron chi connectivity index (χ1n) is 13.5. The minimum Gasteiger partial charge on any atom is -0.484 e. The van der Waals surface area contributed by atoms with Gasteiger partial charge >= 0.3 is 0 Å². The fourth-order valence-electron chi connectivity index (χ4n) is 5.37. The quantitative estimate of drug-likeness (QED) is 0.274. The molecule has 0 aliphatic carbocycles. The summed E-state index contributed by atoms with van der Waals surface area (Å²) in [7, 11) is 0. The van der Waals surface area contributed by atoms with Crippen molar-refractivity contribution in [1.29, 1.82) is 0 Å². The first-order valence-corrected chi connectivity index (χ1v) is 13.9. The molecule has 2 saturated heterocycles. The zero-order chi connectivity index (χ0) is 27.3. The van der Waals surface area contributed by atoms with Gasteiger partial charge in [-0.25, -0.2) is 0 Å². The first kappa shape index (κ1) is 26.0. The van der Waals surface area contributed by atoms with Gasteiger partial charge in [0.15, 0.2) is 11.7 Å². The molecule has 3 atom stereocenters. The van der Waals surface area contributed by atoms with Gasteiger partial charge in [-0.15, -0.1) is 0 Å². The lowest BCUT2D eigenvalue weighted by Gasteiger charge is -2.29. The Morgan fingerprint density at radius 2 is 1.88 bits per heavy atom. The van der Waals surface area contributed by atoms with Crippen molar-refractivity contribution in [3.63, 3.8) is 0 Å². The van der Waals surface area contributed by atoms with E-state index in [0.29, 0.717) is 16.5 Å². The zero-order valence-corrected chi connectivity index (χ0v) is 22.8. The third-order valence-electron chi connectivity index (χ3n) is 7.23. The zero-order valence-electron chi connectivity index (χ0n) is 22.0. The van der Waals surface area contributed by atoms with E-state index in [2.05, 4.69) is 43.4 Å². The lowest BCUT2D eigenvalue weighted by molar-refractivity contribution is -0.118. The lowest BCUT2D eigenvalue weighted by atomic mass is 10.0. The van der Waals surface area contributed by atoms with Crippen molar-refractivity contribution >= 4 is 34.6 Å². The average molecular weight is 554 g/mol. The highest BCUT2D eigenvalue weighted by atomic mass is 32.1. The van der Waals surface area contributed by atoms with Crippen LogP contribution in [0.4, 0.5) is 11.4 Å². The van der Waals surface area contributed by atoms with E-state index in [9.17, 15) is 4.79 Å². The van der Waals surface area contributed by atoms with Gasteiger partial charge in [-0.1, -0.05) is 24.3 Å². The van der Waals surface area contributed by atoms with E-state index >= 15 is 0 Å². The molecule has 2 N–H and O–H groups in total. The van der Waals surface area contributed by atoms with Crippen LogP contribution in [0, 0.1) is 0 Å². The second-order valence-electron chi connectivity index (χ2n) is 9.91. The summed E-state index contributed by atoms with van der Waals surface area (Å²) in [4.78, 5) is 19.3. The Bertz CT molecular complexity index is 1440. The van der Waals surface area contributed by atoms with E-state index in [1.165, 1.54) is 0 Å². The molecule has 2 aliphatic heterocycles. The molecule has 1 amide bonds. The Morgan fingerprint density at radius 3 is 2.62 bits per heavy atom. The van der Waals surface area contributed by atoms with Crippen molar-refractivity contribution in [2.45, 2.75) is 37.6 Å².